The van der Waals surface area contributed by atoms with Gasteiger partial charge >= 0.3 is 0 Å². The molecule has 0 unspecified atom stereocenters. The highest BCUT2D eigenvalue weighted by Crippen LogP contribution is 2.35. The molecule has 4 nitrogen and oxygen atoms in total. The van der Waals surface area contributed by atoms with Gasteiger partial charge in [0, 0.05) is 27.1 Å². The lowest BCUT2D eigenvalue weighted by atomic mass is 10.1. The minimum Gasteiger partial charge on any atom is -0.318 e. The fraction of sp³-hybridized carbons (Fsp3) is 0.200. The molecule has 1 aromatic heterocycles. The highest BCUT2D eigenvalue weighted by Gasteiger charge is 2.35. The van der Waals surface area contributed by atoms with Gasteiger partial charge in [-0.05, 0) is 86.5 Å². The second kappa shape index (κ2) is 8.71. The van der Waals surface area contributed by atoms with Gasteiger partial charge in [0.05, 0.1) is 11.4 Å². The van der Waals surface area contributed by atoms with E-state index in [1.807, 2.05) is 19.9 Å². The van der Waals surface area contributed by atoms with E-state index >= 15 is 0 Å². The van der Waals surface area contributed by atoms with Gasteiger partial charge in [-0.2, -0.15) is 0 Å². The summed E-state index contributed by atoms with van der Waals surface area (Å²) in [6.45, 7) is 8.05. The van der Waals surface area contributed by atoms with E-state index in [4.69, 9.17) is 0 Å². The smallest absolute Gasteiger partial charge is 0.293 e. The van der Waals surface area contributed by atoms with Crippen LogP contribution in [0.3, 0.4) is 0 Å². The van der Waals surface area contributed by atoms with Gasteiger partial charge in [0.15, 0.2) is 0 Å². The molecule has 0 radical (unpaired) electrons. The summed E-state index contributed by atoms with van der Waals surface area (Å²) in [7, 11) is 0. The number of hydrogen-bond acceptors (Lipinski definition) is 3. The molecule has 2 amide bonds. The van der Waals surface area contributed by atoms with Crippen molar-refractivity contribution in [3.05, 3.63) is 91.3 Å². The summed E-state index contributed by atoms with van der Waals surface area (Å²) in [5.74, 6) is -0.831. The Hall–Kier alpha value is -2.64. The van der Waals surface area contributed by atoms with Gasteiger partial charge in [0.1, 0.15) is 5.82 Å². The Bertz CT molecular complexity index is 1270. The minimum atomic E-state index is -0.431. The summed E-state index contributed by atoms with van der Waals surface area (Å²) in [6.07, 6.45) is 1.75. The summed E-state index contributed by atoms with van der Waals surface area (Å²) in [6, 6.07) is 12.4. The third-order valence-electron chi connectivity index (χ3n) is 5.60. The summed E-state index contributed by atoms with van der Waals surface area (Å²) in [5, 5.41) is -0.391. The maximum atomic E-state index is 14.0. The van der Waals surface area contributed by atoms with Crippen LogP contribution in [0.15, 0.2) is 51.8 Å². The predicted octanol–water partition coefficient (Wildman–Crippen LogP) is 6.85. The van der Waals surface area contributed by atoms with Crippen molar-refractivity contribution >= 4 is 44.9 Å². The summed E-state index contributed by atoms with van der Waals surface area (Å²) < 4.78 is 17.2. The lowest BCUT2D eigenvalue weighted by Crippen LogP contribution is -2.27. The molecule has 2 heterocycles. The van der Waals surface area contributed by atoms with Crippen molar-refractivity contribution in [1.82, 2.24) is 9.47 Å². The van der Waals surface area contributed by atoms with Gasteiger partial charge in [-0.15, -0.1) is 0 Å². The Morgan fingerprint density at radius 2 is 1.69 bits per heavy atom. The van der Waals surface area contributed by atoms with Crippen LogP contribution in [-0.2, 0) is 11.3 Å². The molecule has 0 bridgehead atoms. The molecule has 0 spiro atoms. The molecular weight excluding hydrogens is 491 g/mol. The first kappa shape index (κ1) is 22.6. The lowest BCUT2D eigenvalue weighted by molar-refractivity contribution is -0.123. The van der Waals surface area contributed by atoms with Crippen molar-refractivity contribution in [3.63, 3.8) is 0 Å². The number of rotatable bonds is 4. The summed E-state index contributed by atoms with van der Waals surface area (Å²) in [4.78, 5) is 26.8. The Morgan fingerprint density at radius 3 is 2.34 bits per heavy atom. The first-order valence-corrected chi connectivity index (χ1v) is 11.7. The van der Waals surface area contributed by atoms with E-state index in [2.05, 4.69) is 46.5 Å². The molecular formula is C25H22BrFN2O2S. The van der Waals surface area contributed by atoms with Crippen LogP contribution >= 0.6 is 27.7 Å². The first-order valence-electron chi connectivity index (χ1n) is 10.1. The van der Waals surface area contributed by atoms with Gasteiger partial charge in [0.25, 0.3) is 11.1 Å². The summed E-state index contributed by atoms with van der Waals surface area (Å²) >= 11 is 4.50. The Balaban J connectivity index is 1.66. The Labute approximate surface area is 199 Å². The fourth-order valence-corrected chi connectivity index (χ4v) is 5.02. The van der Waals surface area contributed by atoms with Crippen molar-refractivity contribution in [1.29, 1.82) is 0 Å². The molecule has 1 aliphatic rings. The number of carbonyl (C=O) groups is 2. The van der Waals surface area contributed by atoms with Crippen LogP contribution in [0, 0.1) is 33.5 Å². The number of nitrogens with zero attached hydrogens (tertiary/aromatic N) is 2. The quantitative estimate of drug-likeness (QED) is 0.359. The standard InChI is InChI=1S/C25H22BrFN2O2S/c1-14-9-20(10-15(2)23(14)26)29-16(3)11-19(17(29)4)12-22-24(30)28(25(31)32-22)13-18-7-5-6-8-21(18)27/h5-12H,13H2,1-4H3/b22-12-. The maximum Gasteiger partial charge on any atom is 0.293 e. The lowest BCUT2D eigenvalue weighted by Gasteiger charge is -2.13. The third kappa shape index (κ3) is 4.07. The van der Waals surface area contributed by atoms with Crippen molar-refractivity contribution in [2.24, 2.45) is 0 Å². The zero-order valence-corrected chi connectivity index (χ0v) is 20.6. The topological polar surface area (TPSA) is 42.3 Å². The third-order valence-corrected chi connectivity index (χ3v) is 7.75. The van der Waals surface area contributed by atoms with Crippen molar-refractivity contribution in [2.75, 3.05) is 0 Å². The average molecular weight is 513 g/mol. The van der Waals surface area contributed by atoms with E-state index in [0.29, 0.717) is 10.5 Å². The molecule has 1 fully saturated rings. The second-order valence-electron chi connectivity index (χ2n) is 7.91. The molecule has 2 aromatic carbocycles. The first-order chi connectivity index (χ1) is 15.2. The van der Waals surface area contributed by atoms with Crippen LogP contribution < -0.4 is 0 Å². The number of aromatic nitrogens is 1. The number of thioether (sulfide) groups is 1. The molecule has 0 saturated carbocycles. The number of halogens is 2. The Morgan fingerprint density at radius 1 is 1.03 bits per heavy atom. The molecule has 7 heteroatoms. The van der Waals surface area contributed by atoms with Gasteiger partial charge in [-0.1, -0.05) is 34.1 Å². The van der Waals surface area contributed by atoms with Crippen LogP contribution in [0.25, 0.3) is 11.8 Å². The van der Waals surface area contributed by atoms with Crippen LogP contribution in [0.2, 0.25) is 0 Å². The van der Waals surface area contributed by atoms with E-state index in [-0.39, 0.29) is 6.54 Å². The number of imide groups is 1. The monoisotopic (exact) mass is 512 g/mol. The van der Waals surface area contributed by atoms with Gasteiger partial charge in [-0.25, -0.2) is 4.39 Å². The molecule has 164 valence electrons. The number of amides is 2. The highest BCUT2D eigenvalue weighted by molar-refractivity contribution is 9.10. The van der Waals surface area contributed by atoms with Gasteiger partial charge < -0.3 is 4.57 Å². The highest BCUT2D eigenvalue weighted by atomic mass is 79.9. The van der Waals surface area contributed by atoms with E-state index in [9.17, 15) is 14.0 Å². The predicted molar refractivity (Wildman–Crippen MR) is 130 cm³/mol. The van der Waals surface area contributed by atoms with Crippen LogP contribution in [-0.4, -0.2) is 20.6 Å². The molecule has 0 aliphatic carbocycles. The number of hydrogen-bond donors (Lipinski definition) is 0. The summed E-state index contributed by atoms with van der Waals surface area (Å²) in [5.41, 5.74) is 6.52. The van der Waals surface area contributed by atoms with E-state index in [1.165, 1.54) is 6.07 Å². The van der Waals surface area contributed by atoms with Crippen molar-refractivity contribution < 1.29 is 14.0 Å². The molecule has 4 rings (SSSR count). The van der Waals surface area contributed by atoms with E-state index < -0.39 is 17.0 Å². The van der Waals surface area contributed by atoms with E-state index in [1.54, 1.807) is 24.3 Å². The zero-order valence-electron chi connectivity index (χ0n) is 18.2. The molecule has 3 aromatic rings. The number of carbonyl (C=O) groups excluding carboxylic acids is 2. The molecule has 32 heavy (non-hydrogen) atoms. The minimum absolute atomic E-state index is 0.0782. The van der Waals surface area contributed by atoms with Crippen molar-refractivity contribution in [2.45, 2.75) is 34.2 Å². The fourth-order valence-electron chi connectivity index (χ4n) is 3.96. The van der Waals surface area contributed by atoms with Crippen LogP contribution in [0.5, 0.6) is 0 Å². The SMILES string of the molecule is Cc1cc(-n2c(C)cc(/C=C3\SC(=O)N(Cc4ccccc4F)C3=O)c2C)cc(C)c1Br. The van der Waals surface area contributed by atoms with Crippen molar-refractivity contribution in [3.8, 4) is 5.69 Å². The average Bonchev–Trinajstić information content (AvgIpc) is 3.16. The molecule has 1 aliphatic heterocycles. The van der Waals surface area contributed by atoms with Crippen LogP contribution in [0.4, 0.5) is 9.18 Å². The zero-order chi connectivity index (χ0) is 23.2. The van der Waals surface area contributed by atoms with Gasteiger partial charge in [-0.3, -0.25) is 14.5 Å². The number of benzene rings is 2. The molecule has 0 N–H and O–H groups in total. The molecule has 1 saturated heterocycles. The number of aryl methyl sites for hydroxylation is 3. The van der Waals surface area contributed by atoms with Gasteiger partial charge in [0.2, 0.25) is 0 Å². The molecule has 0 atom stereocenters. The second-order valence-corrected chi connectivity index (χ2v) is 9.70. The van der Waals surface area contributed by atoms with Crippen LogP contribution in [0.1, 0.15) is 33.6 Å². The maximum absolute atomic E-state index is 14.0. The van der Waals surface area contributed by atoms with E-state index in [0.717, 1.165) is 54.9 Å². The Kier molecular flexibility index (Phi) is 6.14. The normalized spacial score (nSPS) is 15.3. The largest absolute Gasteiger partial charge is 0.318 e.